The summed E-state index contributed by atoms with van der Waals surface area (Å²) in [5.41, 5.74) is 2.07. The maximum Gasteiger partial charge on any atom is 0.311 e. The van der Waals surface area contributed by atoms with E-state index in [2.05, 4.69) is 10.1 Å². The van der Waals surface area contributed by atoms with E-state index in [4.69, 9.17) is 5.11 Å². The zero-order valence-electron chi connectivity index (χ0n) is 9.71. The van der Waals surface area contributed by atoms with Crippen molar-refractivity contribution >= 4 is 5.97 Å². The number of hydrogen-bond donors (Lipinski definition) is 1. The van der Waals surface area contributed by atoms with Crippen molar-refractivity contribution < 1.29 is 9.90 Å². The molecule has 5 heteroatoms. The lowest BCUT2D eigenvalue weighted by molar-refractivity contribution is -0.136. The molecular weight excluding hydrogens is 218 g/mol. The molecule has 5 nitrogen and oxygen atoms in total. The van der Waals surface area contributed by atoms with Crippen LogP contribution < -0.4 is 0 Å². The van der Waals surface area contributed by atoms with Gasteiger partial charge in [0.1, 0.15) is 6.42 Å². The lowest BCUT2D eigenvalue weighted by Gasteiger charge is -2.00. The lowest BCUT2D eigenvalue weighted by atomic mass is 10.1. The third kappa shape index (κ3) is 2.50. The van der Waals surface area contributed by atoms with Gasteiger partial charge in [-0.05, 0) is 13.0 Å². The monoisotopic (exact) mass is 231 g/mol. The van der Waals surface area contributed by atoms with Crippen LogP contribution in [0.4, 0.5) is 0 Å². The van der Waals surface area contributed by atoms with E-state index in [0.29, 0.717) is 11.6 Å². The highest BCUT2D eigenvalue weighted by atomic mass is 16.4. The van der Waals surface area contributed by atoms with Crippen LogP contribution in [0.25, 0.3) is 11.4 Å². The number of carboxylic acids is 1. The van der Waals surface area contributed by atoms with E-state index >= 15 is 0 Å². The van der Waals surface area contributed by atoms with Crippen molar-refractivity contribution in [3.05, 3.63) is 35.7 Å². The molecule has 0 spiro atoms. The molecular formula is C12H13N3O2. The summed E-state index contributed by atoms with van der Waals surface area (Å²) in [6.45, 7) is 2.00. The highest BCUT2D eigenvalue weighted by Gasteiger charge is 2.11. The van der Waals surface area contributed by atoms with E-state index in [0.717, 1.165) is 11.1 Å². The van der Waals surface area contributed by atoms with Gasteiger partial charge in [0.2, 0.25) is 0 Å². The Balaban J connectivity index is 2.39. The first-order valence-electron chi connectivity index (χ1n) is 5.25. The predicted molar refractivity (Wildman–Crippen MR) is 62.5 cm³/mol. The Labute approximate surface area is 98.7 Å². The zero-order valence-corrected chi connectivity index (χ0v) is 9.71. The quantitative estimate of drug-likeness (QED) is 0.867. The number of hydrogen-bond acceptors (Lipinski definition) is 3. The van der Waals surface area contributed by atoms with E-state index < -0.39 is 5.97 Å². The fourth-order valence-electron chi connectivity index (χ4n) is 1.68. The molecule has 0 saturated heterocycles. The Morgan fingerprint density at radius 1 is 1.47 bits per heavy atom. The number of aromatic nitrogens is 3. The number of nitrogens with zero attached hydrogens (tertiary/aromatic N) is 3. The molecule has 1 aromatic carbocycles. The van der Waals surface area contributed by atoms with Crippen LogP contribution in [0.1, 0.15) is 11.4 Å². The number of benzene rings is 1. The number of carbonyl (C=O) groups is 1. The Hall–Kier alpha value is -2.17. The average Bonchev–Trinajstić information content (AvgIpc) is 2.58. The van der Waals surface area contributed by atoms with Crippen LogP contribution in [0.3, 0.4) is 0 Å². The maximum absolute atomic E-state index is 10.6. The fourth-order valence-corrected chi connectivity index (χ4v) is 1.68. The smallest absolute Gasteiger partial charge is 0.311 e. The summed E-state index contributed by atoms with van der Waals surface area (Å²) >= 11 is 0. The SMILES string of the molecule is Cc1cccc(-c2nc(CC(=O)O)nn2C)c1. The van der Waals surface area contributed by atoms with Gasteiger partial charge in [0.25, 0.3) is 0 Å². The highest BCUT2D eigenvalue weighted by Crippen LogP contribution is 2.17. The molecule has 0 aliphatic heterocycles. The zero-order chi connectivity index (χ0) is 12.4. The van der Waals surface area contributed by atoms with Crippen molar-refractivity contribution in [2.45, 2.75) is 13.3 Å². The molecule has 0 bridgehead atoms. The molecule has 0 amide bonds. The normalized spacial score (nSPS) is 10.5. The Bertz CT molecular complexity index is 561. The van der Waals surface area contributed by atoms with Gasteiger partial charge in [0.15, 0.2) is 11.6 Å². The van der Waals surface area contributed by atoms with E-state index in [1.165, 1.54) is 0 Å². The van der Waals surface area contributed by atoms with Gasteiger partial charge in [0, 0.05) is 12.6 Å². The van der Waals surface area contributed by atoms with Gasteiger partial charge in [-0.2, -0.15) is 5.10 Å². The Morgan fingerprint density at radius 3 is 2.88 bits per heavy atom. The second-order valence-corrected chi connectivity index (χ2v) is 3.92. The Kier molecular flexibility index (Phi) is 2.91. The molecule has 0 saturated carbocycles. The van der Waals surface area contributed by atoms with Crippen LogP contribution in [0.15, 0.2) is 24.3 Å². The van der Waals surface area contributed by atoms with Crippen molar-refractivity contribution in [2.75, 3.05) is 0 Å². The number of aliphatic carboxylic acids is 1. The van der Waals surface area contributed by atoms with Gasteiger partial charge in [0.05, 0.1) is 0 Å². The molecule has 88 valence electrons. The number of carboxylic acid groups (broad SMARTS) is 1. The first kappa shape index (κ1) is 11.3. The van der Waals surface area contributed by atoms with Crippen LogP contribution in [-0.2, 0) is 18.3 Å². The van der Waals surface area contributed by atoms with Crippen LogP contribution in [0, 0.1) is 6.92 Å². The molecule has 0 fully saturated rings. The maximum atomic E-state index is 10.6. The molecule has 17 heavy (non-hydrogen) atoms. The largest absolute Gasteiger partial charge is 0.481 e. The standard InChI is InChI=1S/C12H13N3O2/c1-8-4-3-5-9(6-8)12-13-10(7-11(16)17)14-15(12)2/h3-6H,7H2,1-2H3,(H,16,17). The van der Waals surface area contributed by atoms with Crippen molar-refractivity contribution in [2.24, 2.45) is 7.05 Å². The third-order valence-electron chi connectivity index (χ3n) is 2.39. The van der Waals surface area contributed by atoms with E-state index in [-0.39, 0.29) is 6.42 Å². The van der Waals surface area contributed by atoms with Gasteiger partial charge in [-0.15, -0.1) is 0 Å². The van der Waals surface area contributed by atoms with E-state index in [1.807, 2.05) is 31.2 Å². The second kappa shape index (κ2) is 4.37. The average molecular weight is 231 g/mol. The summed E-state index contributed by atoms with van der Waals surface area (Å²) in [5, 5.41) is 12.8. The minimum absolute atomic E-state index is 0.153. The topological polar surface area (TPSA) is 68.0 Å². The minimum atomic E-state index is -0.925. The molecule has 1 heterocycles. The summed E-state index contributed by atoms with van der Waals surface area (Å²) in [6.07, 6.45) is -0.153. The van der Waals surface area contributed by atoms with Crippen molar-refractivity contribution in [3.63, 3.8) is 0 Å². The van der Waals surface area contributed by atoms with Crippen LogP contribution in [0.2, 0.25) is 0 Å². The second-order valence-electron chi connectivity index (χ2n) is 3.92. The lowest BCUT2D eigenvalue weighted by Crippen LogP contribution is -2.02. The van der Waals surface area contributed by atoms with E-state index in [1.54, 1.807) is 11.7 Å². The summed E-state index contributed by atoms with van der Waals surface area (Å²) in [5.74, 6) is 0.0906. The van der Waals surface area contributed by atoms with Crippen LogP contribution >= 0.6 is 0 Å². The number of aryl methyl sites for hydroxylation is 2. The van der Waals surface area contributed by atoms with Crippen LogP contribution in [0.5, 0.6) is 0 Å². The van der Waals surface area contributed by atoms with Crippen molar-refractivity contribution in [1.29, 1.82) is 0 Å². The fraction of sp³-hybridized carbons (Fsp3) is 0.250. The molecule has 0 aliphatic carbocycles. The summed E-state index contributed by atoms with van der Waals surface area (Å²) in [7, 11) is 1.76. The molecule has 2 rings (SSSR count). The highest BCUT2D eigenvalue weighted by molar-refractivity contribution is 5.69. The molecule has 0 aliphatic rings. The third-order valence-corrected chi connectivity index (χ3v) is 2.39. The molecule has 1 N–H and O–H groups in total. The Morgan fingerprint density at radius 2 is 2.24 bits per heavy atom. The summed E-state index contributed by atoms with van der Waals surface area (Å²) in [6, 6.07) is 7.87. The summed E-state index contributed by atoms with van der Waals surface area (Å²) < 4.78 is 1.60. The minimum Gasteiger partial charge on any atom is -0.481 e. The predicted octanol–water partition coefficient (Wildman–Crippen LogP) is 1.42. The van der Waals surface area contributed by atoms with E-state index in [9.17, 15) is 4.79 Å². The van der Waals surface area contributed by atoms with Gasteiger partial charge in [-0.25, -0.2) is 9.67 Å². The first-order chi connectivity index (χ1) is 8.06. The molecule has 0 unspecified atom stereocenters. The summed E-state index contributed by atoms with van der Waals surface area (Å²) in [4.78, 5) is 14.8. The van der Waals surface area contributed by atoms with Crippen LogP contribution in [-0.4, -0.2) is 25.8 Å². The molecule has 0 radical (unpaired) electrons. The molecule has 1 aromatic heterocycles. The first-order valence-corrected chi connectivity index (χ1v) is 5.25. The van der Waals surface area contributed by atoms with Crippen molar-refractivity contribution in [3.8, 4) is 11.4 Å². The van der Waals surface area contributed by atoms with Gasteiger partial charge >= 0.3 is 5.97 Å². The number of rotatable bonds is 3. The van der Waals surface area contributed by atoms with Gasteiger partial charge in [-0.1, -0.05) is 23.8 Å². The van der Waals surface area contributed by atoms with Gasteiger partial charge in [-0.3, -0.25) is 4.79 Å². The van der Waals surface area contributed by atoms with Crippen molar-refractivity contribution in [1.82, 2.24) is 14.8 Å². The van der Waals surface area contributed by atoms with Gasteiger partial charge < -0.3 is 5.11 Å². The molecule has 0 atom stereocenters. The molecule has 2 aromatic rings.